The number of hydrogen-bond acceptors (Lipinski definition) is 3. The maximum absolute atomic E-state index is 12.4. The topological polar surface area (TPSA) is 35.6 Å². The standard InChI is InChI=1S/C17H24ClN3O.ClH/c1-13(14-5-2-3-6-15(14)18)20-9-11-21(12-10-20)17(22)16-7-4-8-19-16;/h2-3,5-6,13,16,19H,4,7-12H2,1H3;1H. The average Bonchev–Trinajstić information content (AvgIpc) is 3.09. The molecule has 0 bridgehead atoms. The Morgan fingerprint density at radius 3 is 2.57 bits per heavy atom. The molecule has 2 saturated heterocycles. The molecule has 23 heavy (non-hydrogen) atoms. The summed E-state index contributed by atoms with van der Waals surface area (Å²) in [5.74, 6) is 0.280. The van der Waals surface area contributed by atoms with Gasteiger partial charge >= 0.3 is 0 Å². The lowest BCUT2D eigenvalue weighted by Gasteiger charge is -2.39. The molecule has 2 aliphatic heterocycles. The minimum atomic E-state index is 0. The molecule has 0 aliphatic carbocycles. The molecule has 1 aromatic rings. The number of hydrogen-bond donors (Lipinski definition) is 1. The summed E-state index contributed by atoms with van der Waals surface area (Å²) in [5.41, 5.74) is 1.17. The Morgan fingerprint density at radius 2 is 1.96 bits per heavy atom. The Balaban J connectivity index is 0.00000192. The molecule has 1 aromatic carbocycles. The van der Waals surface area contributed by atoms with Crippen molar-refractivity contribution in [3.05, 3.63) is 34.9 Å². The average molecular weight is 358 g/mol. The second-order valence-corrected chi connectivity index (χ2v) is 6.61. The zero-order valence-corrected chi connectivity index (χ0v) is 15.1. The number of amides is 1. The van der Waals surface area contributed by atoms with E-state index in [1.54, 1.807) is 0 Å². The van der Waals surface area contributed by atoms with Crippen molar-refractivity contribution in [2.45, 2.75) is 31.8 Å². The maximum atomic E-state index is 12.4. The van der Waals surface area contributed by atoms with Gasteiger partial charge in [-0.1, -0.05) is 29.8 Å². The van der Waals surface area contributed by atoms with Crippen molar-refractivity contribution in [1.29, 1.82) is 0 Å². The van der Waals surface area contributed by atoms with Crippen LogP contribution >= 0.6 is 24.0 Å². The van der Waals surface area contributed by atoms with Gasteiger partial charge in [0.1, 0.15) is 0 Å². The van der Waals surface area contributed by atoms with E-state index in [1.165, 1.54) is 5.56 Å². The summed E-state index contributed by atoms with van der Waals surface area (Å²) in [4.78, 5) is 16.8. The lowest BCUT2D eigenvalue weighted by Crippen LogP contribution is -2.53. The summed E-state index contributed by atoms with van der Waals surface area (Å²) in [6, 6.07) is 8.36. The van der Waals surface area contributed by atoms with Crippen LogP contribution in [0, 0.1) is 0 Å². The van der Waals surface area contributed by atoms with E-state index in [0.29, 0.717) is 0 Å². The number of rotatable bonds is 3. The van der Waals surface area contributed by atoms with Gasteiger partial charge in [0.15, 0.2) is 0 Å². The predicted molar refractivity (Wildman–Crippen MR) is 96.3 cm³/mol. The predicted octanol–water partition coefficient (Wildman–Crippen LogP) is 2.72. The van der Waals surface area contributed by atoms with E-state index in [2.05, 4.69) is 23.2 Å². The summed E-state index contributed by atoms with van der Waals surface area (Å²) in [6.07, 6.45) is 2.09. The summed E-state index contributed by atoms with van der Waals surface area (Å²) in [7, 11) is 0. The van der Waals surface area contributed by atoms with Crippen LogP contribution in [-0.4, -0.2) is 54.5 Å². The van der Waals surface area contributed by atoms with Gasteiger partial charge in [-0.15, -0.1) is 12.4 Å². The minimum Gasteiger partial charge on any atom is -0.339 e. The fraction of sp³-hybridized carbons (Fsp3) is 0.588. The number of halogens is 2. The van der Waals surface area contributed by atoms with Gasteiger partial charge in [0.05, 0.1) is 6.04 Å². The summed E-state index contributed by atoms with van der Waals surface area (Å²) < 4.78 is 0. The van der Waals surface area contributed by atoms with Crippen molar-refractivity contribution in [3.8, 4) is 0 Å². The lowest BCUT2D eigenvalue weighted by molar-refractivity contribution is -0.135. The van der Waals surface area contributed by atoms with Crippen LogP contribution in [0.15, 0.2) is 24.3 Å². The molecular weight excluding hydrogens is 333 g/mol. The minimum absolute atomic E-state index is 0. The van der Waals surface area contributed by atoms with Gasteiger partial charge in [0.25, 0.3) is 0 Å². The van der Waals surface area contributed by atoms with Gasteiger partial charge in [-0.25, -0.2) is 0 Å². The SMILES string of the molecule is CC(c1ccccc1Cl)N1CCN(C(=O)C2CCCN2)CC1.Cl. The molecule has 0 spiro atoms. The Morgan fingerprint density at radius 1 is 1.26 bits per heavy atom. The van der Waals surface area contributed by atoms with E-state index in [0.717, 1.165) is 50.6 Å². The largest absolute Gasteiger partial charge is 0.339 e. The van der Waals surface area contributed by atoms with Gasteiger partial charge in [-0.3, -0.25) is 9.69 Å². The lowest BCUT2D eigenvalue weighted by atomic mass is 10.1. The highest BCUT2D eigenvalue weighted by molar-refractivity contribution is 6.31. The zero-order valence-electron chi connectivity index (χ0n) is 13.5. The Bertz CT molecular complexity index is 526. The molecule has 3 rings (SSSR count). The first-order valence-electron chi connectivity index (χ1n) is 8.17. The number of carbonyl (C=O) groups excluding carboxylic acids is 1. The van der Waals surface area contributed by atoms with Gasteiger partial charge in [0.2, 0.25) is 5.91 Å². The molecule has 2 fully saturated rings. The third kappa shape index (κ3) is 4.18. The smallest absolute Gasteiger partial charge is 0.239 e. The van der Waals surface area contributed by atoms with Crippen LogP contribution < -0.4 is 5.32 Å². The second-order valence-electron chi connectivity index (χ2n) is 6.21. The second kappa shape index (κ2) is 8.34. The molecule has 1 N–H and O–H groups in total. The number of benzene rings is 1. The molecule has 0 saturated carbocycles. The van der Waals surface area contributed by atoms with Crippen molar-refractivity contribution < 1.29 is 4.79 Å². The third-order valence-corrected chi connectivity index (χ3v) is 5.23. The first kappa shape index (κ1) is 18.5. The van der Waals surface area contributed by atoms with Crippen molar-refractivity contribution in [3.63, 3.8) is 0 Å². The molecule has 0 radical (unpaired) electrons. The van der Waals surface area contributed by atoms with E-state index in [9.17, 15) is 4.79 Å². The van der Waals surface area contributed by atoms with Crippen LogP contribution in [0.2, 0.25) is 5.02 Å². The molecule has 128 valence electrons. The van der Waals surface area contributed by atoms with Crippen LogP contribution in [0.3, 0.4) is 0 Å². The number of carbonyl (C=O) groups is 1. The normalized spacial score (nSPS) is 23.4. The summed E-state index contributed by atoms with van der Waals surface area (Å²) in [6.45, 7) is 6.60. The van der Waals surface area contributed by atoms with E-state index in [1.807, 2.05) is 23.1 Å². The molecule has 0 aromatic heterocycles. The molecule has 2 heterocycles. The van der Waals surface area contributed by atoms with E-state index >= 15 is 0 Å². The quantitative estimate of drug-likeness (QED) is 0.903. The first-order chi connectivity index (χ1) is 10.7. The van der Waals surface area contributed by atoms with Crippen molar-refractivity contribution in [1.82, 2.24) is 15.1 Å². The Labute approximate surface area is 149 Å². The van der Waals surface area contributed by atoms with Crippen LogP contribution in [0.5, 0.6) is 0 Å². The molecule has 2 atom stereocenters. The monoisotopic (exact) mass is 357 g/mol. The summed E-state index contributed by atoms with van der Waals surface area (Å²) >= 11 is 6.30. The van der Waals surface area contributed by atoms with Crippen molar-refractivity contribution in [2.24, 2.45) is 0 Å². The number of piperazine rings is 1. The maximum Gasteiger partial charge on any atom is 0.239 e. The van der Waals surface area contributed by atoms with E-state index in [4.69, 9.17) is 11.6 Å². The molecule has 6 heteroatoms. The van der Waals surface area contributed by atoms with Gasteiger partial charge < -0.3 is 10.2 Å². The number of nitrogens with zero attached hydrogens (tertiary/aromatic N) is 2. The Hall–Kier alpha value is -0.810. The first-order valence-corrected chi connectivity index (χ1v) is 8.55. The van der Waals surface area contributed by atoms with Gasteiger partial charge in [-0.2, -0.15) is 0 Å². The molecule has 4 nitrogen and oxygen atoms in total. The highest BCUT2D eigenvalue weighted by Crippen LogP contribution is 2.27. The zero-order chi connectivity index (χ0) is 15.5. The highest BCUT2D eigenvalue weighted by atomic mass is 35.5. The van der Waals surface area contributed by atoms with Gasteiger partial charge in [0, 0.05) is 37.2 Å². The molecule has 1 amide bonds. The summed E-state index contributed by atoms with van der Waals surface area (Å²) in [5, 5.41) is 4.12. The fourth-order valence-electron chi connectivity index (χ4n) is 3.46. The van der Waals surface area contributed by atoms with Crippen LogP contribution in [0.4, 0.5) is 0 Å². The van der Waals surface area contributed by atoms with Crippen molar-refractivity contribution >= 4 is 29.9 Å². The van der Waals surface area contributed by atoms with Crippen molar-refractivity contribution in [2.75, 3.05) is 32.7 Å². The Kier molecular flexibility index (Phi) is 6.72. The van der Waals surface area contributed by atoms with E-state index < -0.39 is 0 Å². The van der Waals surface area contributed by atoms with Crippen LogP contribution in [-0.2, 0) is 4.79 Å². The molecule has 2 unspecified atom stereocenters. The molecule has 2 aliphatic rings. The number of nitrogens with one attached hydrogen (secondary N) is 1. The fourth-order valence-corrected chi connectivity index (χ4v) is 3.75. The van der Waals surface area contributed by atoms with Crippen LogP contribution in [0.1, 0.15) is 31.4 Å². The highest BCUT2D eigenvalue weighted by Gasteiger charge is 2.30. The van der Waals surface area contributed by atoms with Crippen LogP contribution in [0.25, 0.3) is 0 Å². The van der Waals surface area contributed by atoms with Gasteiger partial charge in [-0.05, 0) is 37.9 Å². The van der Waals surface area contributed by atoms with E-state index in [-0.39, 0.29) is 30.4 Å². The third-order valence-electron chi connectivity index (χ3n) is 4.89. The molecular formula is C17H25Cl2N3O.